The summed E-state index contributed by atoms with van der Waals surface area (Å²) in [5.74, 6) is 0.294. The molecule has 2 aromatic rings. The van der Waals surface area contributed by atoms with E-state index in [2.05, 4.69) is 17.3 Å². The van der Waals surface area contributed by atoms with Gasteiger partial charge in [-0.3, -0.25) is 9.59 Å². The molecular weight excluding hydrogens is 278 g/mol. The van der Waals surface area contributed by atoms with Gasteiger partial charge in [-0.2, -0.15) is 5.10 Å². The van der Waals surface area contributed by atoms with Crippen LogP contribution < -0.4 is 10.9 Å². The highest BCUT2D eigenvalue weighted by Gasteiger charge is 2.25. The van der Waals surface area contributed by atoms with Crippen LogP contribution in [0, 0.1) is 5.92 Å². The number of rotatable bonds is 2. The van der Waals surface area contributed by atoms with Gasteiger partial charge in [-0.05, 0) is 24.8 Å². The maximum atomic E-state index is 12.6. The number of aryl methyl sites for hydroxylation is 1. The Bertz CT molecular complexity index is 766. The van der Waals surface area contributed by atoms with E-state index in [1.807, 2.05) is 6.07 Å². The summed E-state index contributed by atoms with van der Waals surface area (Å²) >= 11 is 0. The van der Waals surface area contributed by atoms with Gasteiger partial charge in [0.1, 0.15) is 0 Å². The van der Waals surface area contributed by atoms with E-state index in [1.165, 1.54) is 11.1 Å². The summed E-state index contributed by atoms with van der Waals surface area (Å²) in [6, 6.07) is 7.33. The first-order valence-corrected chi connectivity index (χ1v) is 7.85. The van der Waals surface area contributed by atoms with Crippen LogP contribution in [0.25, 0.3) is 10.8 Å². The Kier molecular flexibility index (Phi) is 3.96. The van der Waals surface area contributed by atoms with Crippen LogP contribution in [0.15, 0.2) is 29.1 Å². The highest BCUT2D eigenvalue weighted by molar-refractivity contribution is 6.04. The molecule has 0 bridgehead atoms. The molecule has 0 spiro atoms. The number of hydrogen-bond donors (Lipinski definition) is 1. The molecule has 0 unspecified atom stereocenters. The predicted molar refractivity (Wildman–Crippen MR) is 85.9 cm³/mol. The molecule has 5 nitrogen and oxygen atoms in total. The standard InChI is InChI=1S/C17H21N3O2/c1-11-7-3-6-10-14(11)18-16(21)15-12-8-4-5-9-13(12)17(22)20(2)19-15/h4-5,8-9,11,14H,3,6-7,10H2,1-2H3,(H,18,21)/t11-,14+/m0/s1. The third kappa shape index (κ3) is 2.63. The van der Waals surface area contributed by atoms with Gasteiger partial charge in [-0.1, -0.05) is 38.0 Å². The zero-order valence-electron chi connectivity index (χ0n) is 13.0. The number of amides is 1. The van der Waals surface area contributed by atoms with E-state index >= 15 is 0 Å². The molecule has 2 atom stereocenters. The summed E-state index contributed by atoms with van der Waals surface area (Å²) in [4.78, 5) is 24.8. The van der Waals surface area contributed by atoms with Gasteiger partial charge in [0.15, 0.2) is 5.69 Å². The fourth-order valence-corrected chi connectivity index (χ4v) is 3.23. The fourth-order valence-electron chi connectivity index (χ4n) is 3.23. The molecule has 22 heavy (non-hydrogen) atoms. The molecule has 3 rings (SSSR count). The number of carbonyl (C=O) groups excluding carboxylic acids is 1. The minimum atomic E-state index is -0.189. The maximum absolute atomic E-state index is 12.6. The molecule has 1 amide bonds. The number of nitrogens with one attached hydrogen (secondary N) is 1. The highest BCUT2D eigenvalue weighted by Crippen LogP contribution is 2.24. The second-order valence-corrected chi connectivity index (χ2v) is 6.16. The maximum Gasteiger partial charge on any atom is 0.274 e. The monoisotopic (exact) mass is 299 g/mol. The van der Waals surface area contributed by atoms with Crippen molar-refractivity contribution in [1.82, 2.24) is 15.1 Å². The minimum absolute atomic E-state index is 0.182. The number of carbonyl (C=O) groups is 1. The normalized spacial score (nSPS) is 21.7. The summed E-state index contributed by atoms with van der Waals surface area (Å²) in [5, 5.41) is 8.44. The van der Waals surface area contributed by atoms with Crippen LogP contribution >= 0.6 is 0 Å². The number of nitrogens with zero attached hydrogens (tertiary/aromatic N) is 2. The first-order chi connectivity index (χ1) is 10.6. The summed E-state index contributed by atoms with van der Waals surface area (Å²) in [6.07, 6.45) is 4.54. The van der Waals surface area contributed by atoms with Crippen LogP contribution in [0.5, 0.6) is 0 Å². The molecule has 5 heteroatoms. The van der Waals surface area contributed by atoms with Crippen LogP contribution in [0.1, 0.15) is 43.1 Å². The number of aromatic nitrogens is 2. The predicted octanol–water partition coefficient (Wildman–Crippen LogP) is 2.24. The van der Waals surface area contributed by atoms with Crippen molar-refractivity contribution in [2.24, 2.45) is 13.0 Å². The van der Waals surface area contributed by atoms with Crippen molar-refractivity contribution < 1.29 is 4.79 Å². The lowest BCUT2D eigenvalue weighted by atomic mass is 9.86. The first kappa shape index (κ1) is 14.8. The molecule has 1 aromatic heterocycles. The minimum Gasteiger partial charge on any atom is -0.348 e. The summed E-state index contributed by atoms with van der Waals surface area (Å²) < 4.78 is 1.24. The van der Waals surface area contributed by atoms with Gasteiger partial charge in [0.25, 0.3) is 11.5 Å². The van der Waals surface area contributed by atoms with Gasteiger partial charge in [0, 0.05) is 18.5 Å². The lowest BCUT2D eigenvalue weighted by molar-refractivity contribution is 0.0905. The van der Waals surface area contributed by atoms with Gasteiger partial charge in [-0.15, -0.1) is 0 Å². The second kappa shape index (κ2) is 5.91. The average Bonchev–Trinajstić information content (AvgIpc) is 2.53. The number of benzene rings is 1. The largest absolute Gasteiger partial charge is 0.348 e. The van der Waals surface area contributed by atoms with Gasteiger partial charge in [0.05, 0.1) is 5.39 Å². The van der Waals surface area contributed by atoms with Crippen LogP contribution in [0.4, 0.5) is 0 Å². The SMILES string of the molecule is C[C@H]1CCCC[C@H]1NC(=O)c1nn(C)c(=O)c2ccccc12. The third-order valence-corrected chi connectivity index (χ3v) is 4.60. The van der Waals surface area contributed by atoms with Gasteiger partial charge >= 0.3 is 0 Å². The molecule has 1 aliphatic carbocycles. The summed E-state index contributed by atoms with van der Waals surface area (Å²) in [5.41, 5.74) is 0.147. The van der Waals surface area contributed by atoms with Crippen LogP contribution in [0.3, 0.4) is 0 Å². The molecule has 0 radical (unpaired) electrons. The second-order valence-electron chi connectivity index (χ2n) is 6.16. The zero-order valence-corrected chi connectivity index (χ0v) is 13.0. The lowest BCUT2D eigenvalue weighted by Gasteiger charge is -2.29. The molecule has 1 aromatic carbocycles. The van der Waals surface area contributed by atoms with Crippen LogP contribution in [-0.4, -0.2) is 21.7 Å². The topological polar surface area (TPSA) is 64.0 Å². The van der Waals surface area contributed by atoms with E-state index in [0.29, 0.717) is 22.4 Å². The van der Waals surface area contributed by atoms with Crippen molar-refractivity contribution in [1.29, 1.82) is 0 Å². The van der Waals surface area contributed by atoms with Crippen molar-refractivity contribution in [3.63, 3.8) is 0 Å². The molecule has 0 saturated heterocycles. The molecule has 0 aliphatic heterocycles. The molecule has 116 valence electrons. The van der Waals surface area contributed by atoms with Gasteiger partial charge in [0.2, 0.25) is 0 Å². The quantitative estimate of drug-likeness (QED) is 0.925. The Morgan fingerprint density at radius 1 is 1.23 bits per heavy atom. The van der Waals surface area contributed by atoms with E-state index in [9.17, 15) is 9.59 Å². The van der Waals surface area contributed by atoms with Crippen LogP contribution in [0.2, 0.25) is 0 Å². The number of fused-ring (bicyclic) bond motifs is 1. The highest BCUT2D eigenvalue weighted by atomic mass is 16.2. The van der Waals surface area contributed by atoms with Crippen molar-refractivity contribution in [2.45, 2.75) is 38.6 Å². The Hall–Kier alpha value is -2.17. The van der Waals surface area contributed by atoms with Crippen molar-refractivity contribution in [3.8, 4) is 0 Å². The Balaban J connectivity index is 1.97. The molecule has 1 aliphatic rings. The van der Waals surface area contributed by atoms with Crippen molar-refractivity contribution >= 4 is 16.7 Å². The molecule has 1 N–H and O–H groups in total. The van der Waals surface area contributed by atoms with Gasteiger partial charge < -0.3 is 5.32 Å². The van der Waals surface area contributed by atoms with Crippen molar-refractivity contribution in [3.05, 3.63) is 40.3 Å². The molecular formula is C17H21N3O2. The third-order valence-electron chi connectivity index (χ3n) is 4.60. The van der Waals surface area contributed by atoms with E-state index in [4.69, 9.17) is 0 Å². The van der Waals surface area contributed by atoms with E-state index in [0.717, 1.165) is 19.3 Å². The summed E-state index contributed by atoms with van der Waals surface area (Å²) in [6.45, 7) is 2.18. The molecule has 1 fully saturated rings. The Labute approximate surface area is 129 Å². The average molecular weight is 299 g/mol. The van der Waals surface area contributed by atoms with E-state index in [1.54, 1.807) is 25.2 Å². The van der Waals surface area contributed by atoms with E-state index in [-0.39, 0.29) is 17.5 Å². The molecule has 1 heterocycles. The smallest absolute Gasteiger partial charge is 0.274 e. The molecule has 1 saturated carbocycles. The lowest BCUT2D eigenvalue weighted by Crippen LogP contribution is -2.42. The first-order valence-electron chi connectivity index (χ1n) is 7.85. The fraction of sp³-hybridized carbons (Fsp3) is 0.471. The van der Waals surface area contributed by atoms with Gasteiger partial charge in [-0.25, -0.2) is 4.68 Å². The van der Waals surface area contributed by atoms with Crippen molar-refractivity contribution in [2.75, 3.05) is 0 Å². The Morgan fingerprint density at radius 2 is 1.91 bits per heavy atom. The summed E-state index contributed by atoms with van der Waals surface area (Å²) in [7, 11) is 1.58. The van der Waals surface area contributed by atoms with Crippen LogP contribution in [-0.2, 0) is 7.05 Å². The zero-order chi connectivity index (χ0) is 15.7. The number of hydrogen-bond acceptors (Lipinski definition) is 3. The Morgan fingerprint density at radius 3 is 2.64 bits per heavy atom. The van der Waals surface area contributed by atoms with E-state index < -0.39 is 0 Å².